The van der Waals surface area contributed by atoms with Gasteiger partial charge >= 0.3 is 0 Å². The molecule has 0 aliphatic carbocycles. The zero-order chi connectivity index (χ0) is 9.07. The Morgan fingerprint density at radius 2 is 1.92 bits per heavy atom. The molecule has 0 aromatic rings. The van der Waals surface area contributed by atoms with Crippen molar-refractivity contribution in [2.24, 2.45) is 0 Å². The second kappa shape index (κ2) is 10.4. The maximum absolute atomic E-state index is 8.39. The average Bonchev–Trinajstić information content (AvgIpc) is 2.10. The lowest BCUT2D eigenvalue weighted by Crippen LogP contribution is -2.00. The van der Waals surface area contributed by atoms with E-state index in [1.807, 2.05) is 6.92 Å². The van der Waals surface area contributed by atoms with Crippen LogP contribution in [0.5, 0.6) is 0 Å². The number of rotatable bonds is 6. The van der Waals surface area contributed by atoms with Crippen LogP contribution >= 0.6 is 0 Å². The summed E-state index contributed by atoms with van der Waals surface area (Å²) in [5.41, 5.74) is 0. The summed E-state index contributed by atoms with van der Waals surface area (Å²) >= 11 is 0. The molecule has 3 nitrogen and oxygen atoms in total. The highest BCUT2D eigenvalue weighted by Crippen LogP contribution is 1.82. The molecule has 0 heterocycles. The topological polar surface area (TPSA) is 38.7 Å². The van der Waals surface area contributed by atoms with Crippen LogP contribution in [0.3, 0.4) is 0 Å². The third-order valence-electron chi connectivity index (χ3n) is 1.10. The quantitative estimate of drug-likeness (QED) is 0.365. The molecular weight excluding hydrogens is 156 g/mol. The van der Waals surface area contributed by atoms with E-state index < -0.39 is 0 Å². The molecule has 0 rings (SSSR count). The Bertz CT molecular complexity index is 134. The van der Waals surface area contributed by atoms with Gasteiger partial charge in [0.15, 0.2) is 0 Å². The van der Waals surface area contributed by atoms with Gasteiger partial charge in [0.05, 0.1) is 13.2 Å². The summed E-state index contributed by atoms with van der Waals surface area (Å²) in [4.78, 5) is 0. The number of aliphatic hydroxyl groups excluding tert-OH is 1. The summed E-state index contributed by atoms with van der Waals surface area (Å²) < 4.78 is 10.0. The third kappa shape index (κ3) is 9.44. The molecule has 0 atom stereocenters. The average molecular weight is 172 g/mol. The van der Waals surface area contributed by atoms with Gasteiger partial charge in [-0.15, -0.1) is 11.8 Å². The molecule has 0 unspecified atom stereocenters. The maximum Gasteiger partial charge on any atom is 0.146 e. The second-order valence-electron chi connectivity index (χ2n) is 2.10. The van der Waals surface area contributed by atoms with Crippen LogP contribution in [-0.2, 0) is 9.47 Å². The monoisotopic (exact) mass is 172 g/mol. The van der Waals surface area contributed by atoms with Gasteiger partial charge in [0.2, 0.25) is 0 Å². The summed E-state index contributed by atoms with van der Waals surface area (Å²) in [6, 6.07) is 0. The van der Waals surface area contributed by atoms with Crippen molar-refractivity contribution in [3.05, 3.63) is 0 Å². The minimum Gasteiger partial charge on any atom is -0.395 e. The lowest BCUT2D eigenvalue weighted by Gasteiger charge is -1.99. The van der Waals surface area contributed by atoms with E-state index >= 15 is 0 Å². The van der Waals surface area contributed by atoms with Crippen LogP contribution in [0.4, 0.5) is 0 Å². The van der Waals surface area contributed by atoms with Gasteiger partial charge in [0, 0.05) is 19.4 Å². The molecule has 0 saturated carbocycles. The zero-order valence-corrected chi connectivity index (χ0v) is 7.51. The van der Waals surface area contributed by atoms with Gasteiger partial charge < -0.3 is 14.6 Å². The van der Waals surface area contributed by atoms with Crippen molar-refractivity contribution in [2.75, 3.05) is 26.6 Å². The highest BCUT2D eigenvalue weighted by molar-refractivity contribution is 4.98. The molecule has 0 fully saturated rings. The first-order valence-electron chi connectivity index (χ1n) is 4.14. The van der Waals surface area contributed by atoms with Crippen LogP contribution < -0.4 is 0 Å². The fourth-order valence-corrected chi connectivity index (χ4v) is 0.557. The van der Waals surface area contributed by atoms with Crippen molar-refractivity contribution in [3.63, 3.8) is 0 Å². The number of aliphatic hydroxyl groups is 1. The number of hydrogen-bond donors (Lipinski definition) is 1. The predicted molar refractivity (Wildman–Crippen MR) is 46.5 cm³/mol. The fourth-order valence-electron chi connectivity index (χ4n) is 0.557. The fraction of sp³-hybridized carbons (Fsp3) is 0.778. The van der Waals surface area contributed by atoms with Crippen LogP contribution in [-0.4, -0.2) is 31.7 Å². The van der Waals surface area contributed by atoms with E-state index in [4.69, 9.17) is 14.6 Å². The molecule has 0 aromatic heterocycles. The summed E-state index contributed by atoms with van der Waals surface area (Å²) in [6.07, 6.45) is 1.25. The lowest BCUT2D eigenvalue weighted by atomic mass is 10.4. The molecule has 12 heavy (non-hydrogen) atoms. The van der Waals surface area contributed by atoms with Crippen molar-refractivity contribution >= 4 is 0 Å². The standard InChI is InChI=1S/C9H16O3/c1-2-11-9-12-8-6-4-3-5-7-10/h10H,2,5-9H2,1H3. The van der Waals surface area contributed by atoms with Crippen LogP contribution in [0, 0.1) is 11.8 Å². The minimum absolute atomic E-state index is 0.132. The van der Waals surface area contributed by atoms with Crippen molar-refractivity contribution < 1.29 is 14.6 Å². The van der Waals surface area contributed by atoms with Crippen molar-refractivity contribution in [1.29, 1.82) is 0 Å². The number of ether oxygens (including phenoxy) is 2. The van der Waals surface area contributed by atoms with Gasteiger partial charge in [-0.1, -0.05) is 0 Å². The van der Waals surface area contributed by atoms with E-state index in [1.54, 1.807) is 0 Å². The molecule has 0 saturated heterocycles. The van der Waals surface area contributed by atoms with E-state index in [2.05, 4.69) is 11.8 Å². The molecule has 0 radical (unpaired) electrons. The molecule has 0 aromatic carbocycles. The van der Waals surface area contributed by atoms with E-state index in [9.17, 15) is 0 Å². The van der Waals surface area contributed by atoms with E-state index in [0.717, 1.165) is 0 Å². The van der Waals surface area contributed by atoms with Crippen molar-refractivity contribution in [3.8, 4) is 11.8 Å². The zero-order valence-electron chi connectivity index (χ0n) is 7.51. The Morgan fingerprint density at radius 3 is 2.58 bits per heavy atom. The van der Waals surface area contributed by atoms with E-state index in [-0.39, 0.29) is 6.61 Å². The first kappa shape index (κ1) is 11.4. The normalized spacial score (nSPS) is 9.17. The molecule has 0 bridgehead atoms. The Labute approximate surface area is 73.7 Å². The summed E-state index contributed by atoms with van der Waals surface area (Å²) in [6.45, 7) is 3.67. The first-order valence-corrected chi connectivity index (χ1v) is 4.14. The molecule has 0 amide bonds. The molecule has 0 aliphatic rings. The van der Waals surface area contributed by atoms with Gasteiger partial charge in [-0.25, -0.2) is 0 Å². The van der Waals surface area contributed by atoms with Crippen molar-refractivity contribution in [2.45, 2.75) is 19.8 Å². The second-order valence-corrected chi connectivity index (χ2v) is 2.10. The Balaban J connectivity index is 2.96. The van der Waals surface area contributed by atoms with Gasteiger partial charge in [-0.3, -0.25) is 0 Å². The SMILES string of the molecule is CCOCOCCC#CCCO. The van der Waals surface area contributed by atoms with E-state index in [0.29, 0.717) is 32.8 Å². The van der Waals surface area contributed by atoms with Crippen LogP contribution in [0.2, 0.25) is 0 Å². The molecule has 70 valence electrons. The van der Waals surface area contributed by atoms with Crippen LogP contribution in [0.15, 0.2) is 0 Å². The molecule has 0 aliphatic heterocycles. The largest absolute Gasteiger partial charge is 0.395 e. The summed E-state index contributed by atoms with van der Waals surface area (Å²) in [5, 5.41) is 8.39. The molecule has 1 N–H and O–H groups in total. The smallest absolute Gasteiger partial charge is 0.146 e. The van der Waals surface area contributed by atoms with E-state index in [1.165, 1.54) is 0 Å². The molecule has 0 spiro atoms. The summed E-state index contributed by atoms with van der Waals surface area (Å²) in [5.74, 6) is 5.68. The first-order chi connectivity index (χ1) is 5.91. The van der Waals surface area contributed by atoms with Gasteiger partial charge in [0.1, 0.15) is 6.79 Å². The Kier molecular flexibility index (Phi) is 9.95. The van der Waals surface area contributed by atoms with Crippen LogP contribution in [0.25, 0.3) is 0 Å². The summed E-state index contributed by atoms with van der Waals surface area (Å²) in [7, 11) is 0. The molecular formula is C9H16O3. The van der Waals surface area contributed by atoms with Gasteiger partial charge in [-0.05, 0) is 6.92 Å². The predicted octanol–water partition coefficient (Wildman–Crippen LogP) is 0.773. The van der Waals surface area contributed by atoms with Crippen molar-refractivity contribution in [1.82, 2.24) is 0 Å². The maximum atomic E-state index is 8.39. The highest BCUT2D eigenvalue weighted by atomic mass is 16.7. The lowest BCUT2D eigenvalue weighted by molar-refractivity contribution is -0.0472. The Hall–Kier alpha value is -0.560. The minimum atomic E-state index is 0.132. The van der Waals surface area contributed by atoms with Gasteiger partial charge in [0.25, 0.3) is 0 Å². The Morgan fingerprint density at radius 1 is 1.17 bits per heavy atom. The molecule has 3 heteroatoms. The third-order valence-corrected chi connectivity index (χ3v) is 1.10. The number of hydrogen-bond acceptors (Lipinski definition) is 3. The van der Waals surface area contributed by atoms with Gasteiger partial charge in [-0.2, -0.15) is 0 Å². The van der Waals surface area contributed by atoms with Crippen LogP contribution in [0.1, 0.15) is 19.8 Å². The highest BCUT2D eigenvalue weighted by Gasteiger charge is 1.83.